The molecular formula is C20H34FIN4. The van der Waals surface area contributed by atoms with Gasteiger partial charge in [0, 0.05) is 26.2 Å². The summed E-state index contributed by atoms with van der Waals surface area (Å²) in [5.74, 6) is 0.654. The van der Waals surface area contributed by atoms with Gasteiger partial charge in [0.15, 0.2) is 5.96 Å². The summed E-state index contributed by atoms with van der Waals surface area (Å²) in [5.41, 5.74) is 1.13. The number of unbranched alkanes of at least 4 members (excludes halogenated alkanes) is 1. The monoisotopic (exact) mass is 476 g/mol. The van der Waals surface area contributed by atoms with Gasteiger partial charge < -0.3 is 15.5 Å². The third-order valence-electron chi connectivity index (χ3n) is 4.95. The zero-order valence-corrected chi connectivity index (χ0v) is 18.5. The van der Waals surface area contributed by atoms with Crippen LogP contribution in [0.4, 0.5) is 4.39 Å². The second-order valence-corrected chi connectivity index (χ2v) is 6.89. The van der Waals surface area contributed by atoms with Gasteiger partial charge in [-0.25, -0.2) is 4.39 Å². The maximum atomic E-state index is 12.9. The number of rotatable bonds is 8. The highest BCUT2D eigenvalue weighted by molar-refractivity contribution is 14.0. The van der Waals surface area contributed by atoms with Gasteiger partial charge in [-0.2, -0.15) is 0 Å². The summed E-state index contributed by atoms with van der Waals surface area (Å²) < 4.78 is 12.9. The number of aliphatic imine (C=N–C) groups is 1. The average Bonchev–Trinajstić information content (AvgIpc) is 2.63. The molecule has 4 nitrogen and oxygen atoms in total. The molecule has 0 amide bonds. The van der Waals surface area contributed by atoms with Crippen LogP contribution in [-0.2, 0) is 6.42 Å². The van der Waals surface area contributed by atoms with Crippen molar-refractivity contribution in [2.24, 2.45) is 4.99 Å². The number of guanidine groups is 1. The number of halogens is 2. The lowest BCUT2D eigenvalue weighted by atomic mass is 10.0. The van der Waals surface area contributed by atoms with Crippen LogP contribution in [0.25, 0.3) is 0 Å². The molecule has 0 aromatic heterocycles. The van der Waals surface area contributed by atoms with E-state index in [4.69, 9.17) is 0 Å². The fourth-order valence-electron chi connectivity index (χ4n) is 3.33. The third kappa shape index (κ3) is 8.66. The number of piperidine rings is 1. The molecule has 26 heavy (non-hydrogen) atoms. The molecule has 1 aliphatic heterocycles. The number of nitrogens with one attached hydrogen (secondary N) is 2. The van der Waals surface area contributed by atoms with Crippen molar-refractivity contribution in [3.05, 3.63) is 35.6 Å². The number of likely N-dealkylation sites (tertiary alicyclic amines) is 1. The molecule has 0 spiro atoms. The van der Waals surface area contributed by atoms with Gasteiger partial charge in [0.1, 0.15) is 5.82 Å². The van der Waals surface area contributed by atoms with Gasteiger partial charge in [-0.3, -0.25) is 4.99 Å². The molecule has 1 unspecified atom stereocenters. The van der Waals surface area contributed by atoms with Crippen molar-refractivity contribution >= 4 is 29.9 Å². The minimum absolute atomic E-state index is 0. The summed E-state index contributed by atoms with van der Waals surface area (Å²) in [6, 6.07) is 7.42. The fraction of sp³-hybridized carbons (Fsp3) is 0.650. The van der Waals surface area contributed by atoms with E-state index < -0.39 is 0 Å². The molecule has 1 aliphatic rings. The van der Waals surface area contributed by atoms with E-state index >= 15 is 0 Å². The van der Waals surface area contributed by atoms with Crippen molar-refractivity contribution in [3.8, 4) is 0 Å². The van der Waals surface area contributed by atoms with Crippen LogP contribution in [0, 0.1) is 5.82 Å². The summed E-state index contributed by atoms with van der Waals surface area (Å²) >= 11 is 0. The highest BCUT2D eigenvalue weighted by Crippen LogP contribution is 2.16. The van der Waals surface area contributed by atoms with Crippen LogP contribution in [0.15, 0.2) is 29.3 Å². The summed E-state index contributed by atoms with van der Waals surface area (Å²) in [4.78, 5) is 6.88. The molecule has 148 valence electrons. The van der Waals surface area contributed by atoms with Crippen LogP contribution in [0.1, 0.15) is 44.6 Å². The minimum atomic E-state index is -0.187. The van der Waals surface area contributed by atoms with Crippen LogP contribution < -0.4 is 10.6 Å². The molecular weight excluding hydrogens is 442 g/mol. The first kappa shape index (κ1) is 23.1. The van der Waals surface area contributed by atoms with E-state index in [1.165, 1.54) is 50.9 Å². The van der Waals surface area contributed by atoms with Gasteiger partial charge in [-0.15, -0.1) is 24.0 Å². The maximum absolute atomic E-state index is 12.9. The largest absolute Gasteiger partial charge is 0.356 e. The highest BCUT2D eigenvalue weighted by Gasteiger charge is 2.16. The molecule has 2 rings (SSSR count). The topological polar surface area (TPSA) is 39.7 Å². The molecule has 1 fully saturated rings. The minimum Gasteiger partial charge on any atom is -0.356 e. The van der Waals surface area contributed by atoms with Crippen molar-refractivity contribution in [1.29, 1.82) is 0 Å². The zero-order chi connectivity index (χ0) is 17.9. The Bertz CT molecular complexity index is 521. The predicted molar refractivity (Wildman–Crippen MR) is 119 cm³/mol. The van der Waals surface area contributed by atoms with Gasteiger partial charge in [0.2, 0.25) is 0 Å². The van der Waals surface area contributed by atoms with Gasteiger partial charge in [0.25, 0.3) is 0 Å². The lowest BCUT2D eigenvalue weighted by Crippen LogP contribution is -2.40. The first-order valence-electron chi connectivity index (χ1n) is 9.62. The summed E-state index contributed by atoms with van der Waals surface area (Å²) in [5, 5.41) is 6.69. The lowest BCUT2D eigenvalue weighted by Gasteiger charge is -2.33. The molecule has 1 atom stereocenters. The smallest absolute Gasteiger partial charge is 0.190 e. The molecule has 0 bridgehead atoms. The first-order valence-corrected chi connectivity index (χ1v) is 9.62. The Morgan fingerprint density at radius 3 is 2.58 bits per heavy atom. The Morgan fingerprint density at radius 1 is 1.15 bits per heavy atom. The van der Waals surface area contributed by atoms with Gasteiger partial charge in [-0.1, -0.05) is 18.6 Å². The molecule has 2 N–H and O–H groups in total. The third-order valence-corrected chi connectivity index (χ3v) is 4.95. The summed E-state index contributed by atoms with van der Waals surface area (Å²) in [6.07, 6.45) is 7.33. The quantitative estimate of drug-likeness (QED) is 0.260. The molecule has 1 saturated heterocycles. The van der Waals surface area contributed by atoms with Crippen molar-refractivity contribution in [3.63, 3.8) is 0 Å². The Hall–Kier alpha value is -0.890. The van der Waals surface area contributed by atoms with E-state index in [9.17, 15) is 4.39 Å². The fourth-order valence-corrected chi connectivity index (χ4v) is 3.33. The van der Waals surface area contributed by atoms with Gasteiger partial charge in [0.05, 0.1) is 0 Å². The Labute approximate surface area is 175 Å². The molecule has 1 aromatic rings. The van der Waals surface area contributed by atoms with E-state index in [1.54, 1.807) is 7.05 Å². The van der Waals surface area contributed by atoms with E-state index in [-0.39, 0.29) is 29.8 Å². The van der Waals surface area contributed by atoms with Crippen molar-refractivity contribution in [1.82, 2.24) is 15.5 Å². The van der Waals surface area contributed by atoms with Gasteiger partial charge >= 0.3 is 0 Å². The van der Waals surface area contributed by atoms with E-state index in [0.29, 0.717) is 0 Å². The zero-order valence-electron chi connectivity index (χ0n) is 16.1. The Balaban J connectivity index is 0.00000338. The molecule has 0 aliphatic carbocycles. The van der Waals surface area contributed by atoms with Crippen LogP contribution in [-0.4, -0.2) is 50.1 Å². The van der Waals surface area contributed by atoms with E-state index in [2.05, 4.69) is 27.4 Å². The van der Waals surface area contributed by atoms with Crippen LogP contribution >= 0.6 is 24.0 Å². The molecule has 1 heterocycles. The van der Waals surface area contributed by atoms with Crippen LogP contribution in [0.2, 0.25) is 0 Å². The van der Waals surface area contributed by atoms with Crippen LogP contribution in [0.5, 0.6) is 0 Å². The van der Waals surface area contributed by atoms with Gasteiger partial charge in [-0.05, 0) is 69.8 Å². The maximum Gasteiger partial charge on any atom is 0.190 e. The standard InChI is InChI=1S/C20H33FN4.HI/c1-17-7-3-5-15-25(17)16-6-4-13-23-20(22-2)24-14-12-18-8-10-19(21)11-9-18;/h8-11,17H,3-7,12-16H2,1-2H3,(H2,22,23,24);1H. The van der Waals surface area contributed by atoms with E-state index in [1.807, 2.05) is 12.1 Å². The summed E-state index contributed by atoms with van der Waals surface area (Å²) in [7, 11) is 1.79. The molecule has 1 aromatic carbocycles. The summed E-state index contributed by atoms with van der Waals surface area (Å²) in [6.45, 7) is 6.56. The Morgan fingerprint density at radius 2 is 1.88 bits per heavy atom. The Kier molecular flexibility index (Phi) is 11.8. The van der Waals surface area contributed by atoms with Crippen molar-refractivity contribution < 1.29 is 4.39 Å². The molecule has 6 heteroatoms. The second-order valence-electron chi connectivity index (χ2n) is 6.89. The predicted octanol–water partition coefficient (Wildman–Crippen LogP) is 3.81. The lowest BCUT2D eigenvalue weighted by molar-refractivity contribution is 0.158. The highest BCUT2D eigenvalue weighted by atomic mass is 127. The first-order chi connectivity index (χ1) is 12.2. The number of nitrogens with zero attached hydrogens (tertiary/aromatic N) is 2. The average molecular weight is 476 g/mol. The number of benzene rings is 1. The molecule has 0 radical (unpaired) electrons. The van der Waals surface area contributed by atoms with Crippen molar-refractivity contribution in [2.45, 2.75) is 51.5 Å². The number of hydrogen-bond donors (Lipinski definition) is 2. The van der Waals surface area contributed by atoms with Crippen molar-refractivity contribution in [2.75, 3.05) is 33.2 Å². The SMILES string of the molecule is CN=C(NCCCCN1CCCCC1C)NCCc1ccc(F)cc1.I. The second kappa shape index (κ2) is 13.3. The number of hydrogen-bond acceptors (Lipinski definition) is 2. The van der Waals surface area contributed by atoms with Crippen LogP contribution in [0.3, 0.4) is 0 Å². The van der Waals surface area contributed by atoms with E-state index in [0.717, 1.165) is 43.5 Å². The molecule has 0 saturated carbocycles. The normalized spacial score (nSPS) is 18.3.